The zero-order chi connectivity index (χ0) is 10.8. The predicted octanol–water partition coefficient (Wildman–Crippen LogP) is 1.64. The van der Waals surface area contributed by atoms with Crippen LogP contribution in [0.25, 0.3) is 0 Å². The number of alkyl halides is 1. The molecule has 4 nitrogen and oxygen atoms in total. The number of rotatable bonds is 3. The molecular formula is C7H8BrClN2O2S. The molecule has 0 aromatic carbocycles. The fourth-order valence-electron chi connectivity index (χ4n) is 0.710. The minimum absolute atomic E-state index is 0.0295. The van der Waals surface area contributed by atoms with E-state index in [-0.39, 0.29) is 11.0 Å². The molecule has 1 unspecified atom stereocenters. The summed E-state index contributed by atoms with van der Waals surface area (Å²) >= 11 is 8.59. The number of hydrogen-bond acceptors (Lipinski definition) is 4. The van der Waals surface area contributed by atoms with Crippen molar-refractivity contribution < 1.29 is 8.42 Å². The second-order valence-electron chi connectivity index (χ2n) is 2.69. The number of halogens is 2. The highest BCUT2D eigenvalue weighted by Gasteiger charge is 2.25. The van der Waals surface area contributed by atoms with Gasteiger partial charge in [0.05, 0.1) is 9.72 Å². The molecule has 0 saturated carbocycles. The molecule has 1 atom stereocenters. The molecule has 0 bridgehead atoms. The van der Waals surface area contributed by atoms with E-state index < -0.39 is 15.1 Å². The Balaban J connectivity index is 3.11. The first-order valence-corrected chi connectivity index (χ1v) is 6.63. The van der Waals surface area contributed by atoms with E-state index in [9.17, 15) is 8.42 Å². The van der Waals surface area contributed by atoms with Crippen LogP contribution in [0.15, 0.2) is 22.0 Å². The molecule has 0 saturated heterocycles. The number of aromatic nitrogens is 2. The Morgan fingerprint density at radius 3 is 2.43 bits per heavy atom. The lowest BCUT2D eigenvalue weighted by Gasteiger charge is -2.07. The highest BCUT2D eigenvalue weighted by Crippen LogP contribution is 2.13. The third-order valence-electron chi connectivity index (χ3n) is 1.60. The fraction of sp³-hybridized carbons (Fsp3) is 0.429. The number of hydrogen-bond donors (Lipinski definition) is 0. The van der Waals surface area contributed by atoms with Gasteiger partial charge in [0.15, 0.2) is 0 Å². The Hall–Kier alpha value is -0.200. The van der Waals surface area contributed by atoms with Crippen LogP contribution in [0.3, 0.4) is 0 Å². The predicted molar refractivity (Wildman–Crippen MR) is 57.1 cm³/mol. The Morgan fingerprint density at radius 1 is 1.50 bits per heavy atom. The molecule has 7 heteroatoms. The summed E-state index contributed by atoms with van der Waals surface area (Å²) in [5.41, 5.74) is 0. The van der Waals surface area contributed by atoms with E-state index in [4.69, 9.17) is 11.6 Å². The van der Waals surface area contributed by atoms with Crippen LogP contribution in [0.2, 0.25) is 0 Å². The molecule has 0 radical (unpaired) electrons. The van der Waals surface area contributed by atoms with Gasteiger partial charge in [-0.05, 0) is 22.9 Å². The van der Waals surface area contributed by atoms with Gasteiger partial charge in [0.1, 0.15) is 0 Å². The molecule has 0 amide bonds. The topological polar surface area (TPSA) is 59.9 Å². The van der Waals surface area contributed by atoms with E-state index in [1.54, 1.807) is 0 Å². The van der Waals surface area contributed by atoms with Crippen molar-refractivity contribution in [3.05, 3.63) is 16.9 Å². The van der Waals surface area contributed by atoms with E-state index in [1.165, 1.54) is 19.3 Å². The average Bonchev–Trinajstić information content (AvgIpc) is 2.17. The van der Waals surface area contributed by atoms with E-state index in [0.717, 1.165) is 0 Å². The number of nitrogens with zero attached hydrogens (tertiary/aromatic N) is 2. The van der Waals surface area contributed by atoms with Crippen molar-refractivity contribution in [2.24, 2.45) is 0 Å². The summed E-state index contributed by atoms with van der Waals surface area (Å²) in [4.78, 5) is 7.43. The van der Waals surface area contributed by atoms with Crippen molar-refractivity contribution >= 4 is 37.4 Å². The van der Waals surface area contributed by atoms with Crippen LogP contribution in [0.4, 0.5) is 0 Å². The maximum atomic E-state index is 11.6. The molecule has 78 valence electrons. The summed E-state index contributed by atoms with van der Waals surface area (Å²) in [6.07, 6.45) is 2.78. The van der Waals surface area contributed by atoms with Gasteiger partial charge in [-0.3, -0.25) is 0 Å². The Kier molecular flexibility index (Phi) is 3.86. The van der Waals surface area contributed by atoms with Gasteiger partial charge in [0.25, 0.3) is 0 Å². The smallest absolute Gasteiger partial charge is 0.226 e. The first kappa shape index (κ1) is 11.9. The second-order valence-corrected chi connectivity index (χ2v) is 6.18. The molecule has 14 heavy (non-hydrogen) atoms. The quantitative estimate of drug-likeness (QED) is 0.629. The molecule has 0 N–H and O–H groups in total. The lowest BCUT2D eigenvalue weighted by molar-refractivity contribution is 0.578. The summed E-state index contributed by atoms with van der Waals surface area (Å²) in [7, 11) is -3.48. The second kappa shape index (κ2) is 4.55. The Bertz CT molecular complexity index is 406. The van der Waals surface area contributed by atoms with Gasteiger partial charge in [0.2, 0.25) is 15.0 Å². The molecule has 1 aromatic heterocycles. The van der Waals surface area contributed by atoms with Gasteiger partial charge < -0.3 is 0 Å². The number of sulfone groups is 1. The van der Waals surface area contributed by atoms with Crippen LogP contribution in [-0.2, 0) is 9.84 Å². The Morgan fingerprint density at radius 2 is 2.00 bits per heavy atom. The molecule has 0 aliphatic heterocycles. The molecule has 1 rings (SSSR count). The van der Waals surface area contributed by atoms with E-state index >= 15 is 0 Å². The minimum Gasteiger partial charge on any atom is -0.226 e. The van der Waals surface area contributed by atoms with Crippen LogP contribution in [0.5, 0.6) is 0 Å². The van der Waals surface area contributed by atoms with E-state index in [2.05, 4.69) is 25.9 Å². The van der Waals surface area contributed by atoms with Gasteiger partial charge in [-0.2, -0.15) is 0 Å². The van der Waals surface area contributed by atoms with Crippen LogP contribution in [0.1, 0.15) is 6.92 Å². The summed E-state index contributed by atoms with van der Waals surface area (Å²) in [6, 6.07) is 0. The third kappa shape index (κ3) is 2.43. The lowest BCUT2D eigenvalue weighted by atomic mass is 10.6. The highest BCUT2D eigenvalue weighted by molar-refractivity contribution is 9.10. The molecule has 0 aliphatic carbocycles. The average molecular weight is 300 g/mol. The zero-order valence-corrected chi connectivity index (χ0v) is 10.5. The van der Waals surface area contributed by atoms with Crippen LogP contribution in [-0.4, -0.2) is 29.5 Å². The maximum Gasteiger partial charge on any atom is 0.247 e. The molecule has 0 spiro atoms. The van der Waals surface area contributed by atoms with E-state index in [0.29, 0.717) is 4.47 Å². The largest absolute Gasteiger partial charge is 0.247 e. The third-order valence-corrected chi connectivity index (χ3v) is 4.60. The maximum absolute atomic E-state index is 11.6. The van der Waals surface area contributed by atoms with Gasteiger partial charge in [-0.15, -0.1) is 11.6 Å². The van der Waals surface area contributed by atoms with Crippen molar-refractivity contribution in [3.8, 4) is 0 Å². The van der Waals surface area contributed by atoms with E-state index in [1.807, 2.05) is 0 Å². The normalized spacial score (nSPS) is 13.9. The summed E-state index contributed by atoms with van der Waals surface area (Å²) in [5, 5.41) is -0.862. The zero-order valence-electron chi connectivity index (χ0n) is 7.31. The van der Waals surface area contributed by atoms with Crippen molar-refractivity contribution in [1.82, 2.24) is 9.97 Å². The van der Waals surface area contributed by atoms with Crippen LogP contribution >= 0.6 is 27.5 Å². The SMILES string of the molecule is CC(CCl)S(=O)(=O)c1ncc(Br)cn1. The van der Waals surface area contributed by atoms with Gasteiger partial charge >= 0.3 is 0 Å². The molecule has 0 aliphatic rings. The monoisotopic (exact) mass is 298 g/mol. The lowest BCUT2D eigenvalue weighted by Crippen LogP contribution is -2.21. The summed E-state index contributed by atoms with van der Waals surface area (Å²) in [6.45, 7) is 1.52. The molecule has 1 heterocycles. The van der Waals surface area contributed by atoms with Crippen molar-refractivity contribution in [3.63, 3.8) is 0 Å². The molecule has 1 aromatic rings. The highest BCUT2D eigenvalue weighted by atomic mass is 79.9. The van der Waals surface area contributed by atoms with Crippen molar-refractivity contribution in [2.45, 2.75) is 17.3 Å². The summed E-state index contributed by atoms with van der Waals surface area (Å²) < 4.78 is 23.9. The van der Waals surface area contributed by atoms with Gasteiger partial charge in [-0.25, -0.2) is 18.4 Å². The minimum atomic E-state index is -3.48. The fourth-order valence-corrected chi connectivity index (χ4v) is 2.34. The molecular weight excluding hydrogens is 292 g/mol. The van der Waals surface area contributed by atoms with Crippen LogP contribution in [0, 0.1) is 0 Å². The summed E-state index contributed by atoms with van der Waals surface area (Å²) in [5.74, 6) is 0.0295. The van der Waals surface area contributed by atoms with Crippen LogP contribution < -0.4 is 0 Å². The first-order valence-electron chi connectivity index (χ1n) is 3.76. The van der Waals surface area contributed by atoms with Gasteiger partial charge in [0, 0.05) is 18.3 Å². The first-order chi connectivity index (χ1) is 6.48. The van der Waals surface area contributed by atoms with Crippen molar-refractivity contribution in [1.29, 1.82) is 0 Å². The van der Waals surface area contributed by atoms with Gasteiger partial charge in [-0.1, -0.05) is 0 Å². The van der Waals surface area contributed by atoms with Crippen molar-refractivity contribution in [2.75, 3.05) is 5.88 Å². The molecule has 0 fully saturated rings. The Labute approximate surface area is 95.8 Å². The standard InChI is InChI=1S/C7H8BrClN2O2S/c1-5(2-9)14(12,13)7-10-3-6(8)4-11-7/h3-5H,2H2,1H3.